The van der Waals surface area contributed by atoms with Gasteiger partial charge in [-0.1, -0.05) is 6.92 Å². The van der Waals surface area contributed by atoms with Gasteiger partial charge in [0, 0.05) is 81.0 Å². The summed E-state index contributed by atoms with van der Waals surface area (Å²) in [6.45, 7) is 8.76. The molecule has 4 aliphatic rings. The summed E-state index contributed by atoms with van der Waals surface area (Å²) in [5.41, 5.74) is 2.09. The highest BCUT2D eigenvalue weighted by Gasteiger charge is 2.45. The molecule has 1 atom stereocenters. The fourth-order valence-corrected chi connectivity index (χ4v) is 6.59. The van der Waals surface area contributed by atoms with Crippen molar-refractivity contribution in [3.63, 3.8) is 0 Å². The number of nitrogens with one attached hydrogen (secondary N) is 1. The number of aliphatic hydroxyl groups is 1. The lowest BCUT2D eigenvalue weighted by molar-refractivity contribution is -0.172. The van der Waals surface area contributed by atoms with Gasteiger partial charge >= 0.3 is 12.1 Å². The Morgan fingerprint density at radius 1 is 1.12 bits per heavy atom. The molecule has 6 heterocycles. The number of amides is 1. The molecule has 0 unspecified atom stereocenters. The standard InChI is InChI=1S/C31H36N6O6/c1-3-31(41)23-15-25-27-19(16-37(25)28(38)22(23)18-42-29(31)39)14-20-21(17-35-12-10-34(2)11-13-35)26(5-4-24(20)33-27)43-30(40)36-8-6-32-7-9-36/h4-5,14-15,32,41H,3,6-13,16-18H2,1-2H3/t31-/m0/s1. The molecule has 2 fully saturated rings. The molecule has 0 radical (unpaired) electrons. The Morgan fingerprint density at radius 3 is 2.63 bits per heavy atom. The van der Waals surface area contributed by atoms with E-state index >= 15 is 0 Å². The number of pyridine rings is 2. The molecule has 0 spiro atoms. The van der Waals surface area contributed by atoms with Crippen LogP contribution in [0.2, 0.25) is 0 Å². The third-order valence-electron chi connectivity index (χ3n) is 9.31. The largest absolute Gasteiger partial charge is 0.458 e. The molecular weight excluding hydrogens is 552 g/mol. The van der Waals surface area contributed by atoms with Gasteiger partial charge in [-0.15, -0.1) is 0 Å². The van der Waals surface area contributed by atoms with Crippen LogP contribution in [0.5, 0.6) is 5.75 Å². The minimum absolute atomic E-state index is 0.0881. The zero-order chi connectivity index (χ0) is 29.9. The lowest BCUT2D eigenvalue weighted by atomic mass is 9.86. The Bertz CT molecular complexity index is 1690. The van der Waals surface area contributed by atoms with Gasteiger partial charge in [-0.05, 0) is 37.7 Å². The van der Waals surface area contributed by atoms with Gasteiger partial charge in [-0.25, -0.2) is 14.6 Å². The molecule has 7 rings (SSSR count). The summed E-state index contributed by atoms with van der Waals surface area (Å²) in [6, 6.07) is 7.43. The first-order chi connectivity index (χ1) is 20.8. The summed E-state index contributed by atoms with van der Waals surface area (Å²) in [4.78, 5) is 50.7. The first-order valence-corrected chi connectivity index (χ1v) is 15.0. The van der Waals surface area contributed by atoms with E-state index in [0.29, 0.717) is 60.0 Å². The van der Waals surface area contributed by atoms with Crippen LogP contribution in [-0.2, 0) is 34.8 Å². The molecule has 0 aliphatic carbocycles. The normalized spacial score (nSPS) is 22.2. The van der Waals surface area contributed by atoms with Crippen molar-refractivity contribution in [1.82, 2.24) is 29.6 Å². The molecule has 1 amide bonds. The maximum atomic E-state index is 13.6. The molecule has 2 N–H and O–H groups in total. The quantitative estimate of drug-likeness (QED) is 0.336. The molecule has 12 heteroatoms. The van der Waals surface area contributed by atoms with Crippen LogP contribution in [-0.4, -0.2) is 101 Å². The van der Waals surface area contributed by atoms with E-state index < -0.39 is 11.6 Å². The van der Waals surface area contributed by atoms with Gasteiger partial charge in [-0.3, -0.25) is 9.69 Å². The average Bonchev–Trinajstić information content (AvgIpc) is 3.38. The van der Waals surface area contributed by atoms with Gasteiger partial charge in [0.25, 0.3) is 5.56 Å². The molecule has 12 nitrogen and oxygen atoms in total. The van der Waals surface area contributed by atoms with Crippen LogP contribution in [0.25, 0.3) is 22.3 Å². The number of benzene rings is 1. The number of cyclic esters (lactones) is 1. The van der Waals surface area contributed by atoms with Crippen molar-refractivity contribution in [1.29, 1.82) is 0 Å². The van der Waals surface area contributed by atoms with Gasteiger partial charge in [0.15, 0.2) is 5.60 Å². The van der Waals surface area contributed by atoms with Crippen LogP contribution >= 0.6 is 0 Å². The van der Waals surface area contributed by atoms with Crippen LogP contribution in [0.3, 0.4) is 0 Å². The minimum Gasteiger partial charge on any atom is -0.458 e. The molecule has 1 aromatic carbocycles. The average molecular weight is 589 g/mol. The molecule has 2 aromatic heterocycles. The molecule has 0 bridgehead atoms. The van der Waals surface area contributed by atoms with E-state index in [2.05, 4.69) is 22.2 Å². The highest BCUT2D eigenvalue weighted by molar-refractivity contribution is 5.90. The summed E-state index contributed by atoms with van der Waals surface area (Å²) in [5.74, 6) is -0.225. The van der Waals surface area contributed by atoms with Crippen LogP contribution in [0, 0.1) is 0 Å². The Hall–Kier alpha value is -3.84. The second kappa shape index (κ2) is 10.7. The molecule has 43 heavy (non-hydrogen) atoms. The maximum Gasteiger partial charge on any atom is 0.415 e. The Morgan fingerprint density at radius 2 is 1.88 bits per heavy atom. The number of hydrogen-bond acceptors (Lipinski definition) is 10. The molecule has 3 aromatic rings. The van der Waals surface area contributed by atoms with E-state index in [1.54, 1.807) is 22.5 Å². The van der Waals surface area contributed by atoms with E-state index in [1.807, 2.05) is 18.2 Å². The number of aromatic nitrogens is 2. The number of carbonyl (C=O) groups is 2. The van der Waals surface area contributed by atoms with Crippen molar-refractivity contribution >= 4 is 23.0 Å². The number of likely N-dealkylation sites (N-methyl/N-ethyl adjacent to an activating group) is 1. The highest BCUT2D eigenvalue weighted by Crippen LogP contribution is 2.40. The SMILES string of the molecule is CC[C@@]1(O)C(=O)OCc2c1cc1n(c2=O)Cc2cc3c(CN4CCN(C)CC4)c(OC(=O)N4CCNCC4)ccc3nc2-1. The molecule has 4 aliphatic heterocycles. The lowest BCUT2D eigenvalue weighted by Crippen LogP contribution is -2.47. The Labute approximate surface area is 248 Å². The van der Waals surface area contributed by atoms with Gasteiger partial charge < -0.3 is 34.3 Å². The minimum atomic E-state index is -1.87. The van der Waals surface area contributed by atoms with E-state index in [4.69, 9.17) is 14.5 Å². The topological polar surface area (TPSA) is 129 Å². The van der Waals surface area contributed by atoms with Gasteiger partial charge in [0.2, 0.25) is 0 Å². The van der Waals surface area contributed by atoms with E-state index in [-0.39, 0.29) is 24.7 Å². The first-order valence-electron chi connectivity index (χ1n) is 15.0. The second-order valence-electron chi connectivity index (χ2n) is 11.9. The molecule has 226 valence electrons. The Kier molecular flexibility index (Phi) is 6.96. The van der Waals surface area contributed by atoms with Crippen molar-refractivity contribution in [2.24, 2.45) is 0 Å². The van der Waals surface area contributed by atoms with E-state index in [1.165, 1.54) is 0 Å². The van der Waals surface area contributed by atoms with Crippen LogP contribution in [0.1, 0.15) is 35.6 Å². The number of piperazine rings is 2. The monoisotopic (exact) mass is 588 g/mol. The van der Waals surface area contributed by atoms with Crippen LogP contribution in [0.4, 0.5) is 4.79 Å². The zero-order valence-corrected chi connectivity index (χ0v) is 24.5. The first kappa shape index (κ1) is 28.0. The number of ether oxygens (including phenoxy) is 2. The number of nitrogens with zero attached hydrogens (tertiary/aromatic N) is 5. The summed E-state index contributed by atoms with van der Waals surface area (Å²) in [7, 11) is 2.12. The van der Waals surface area contributed by atoms with Crippen molar-refractivity contribution in [3.8, 4) is 17.1 Å². The third-order valence-corrected chi connectivity index (χ3v) is 9.31. The summed E-state index contributed by atoms with van der Waals surface area (Å²) in [5, 5.41) is 15.3. The van der Waals surface area contributed by atoms with E-state index in [0.717, 1.165) is 55.8 Å². The maximum absolute atomic E-state index is 13.6. The zero-order valence-electron chi connectivity index (χ0n) is 24.5. The van der Waals surface area contributed by atoms with Crippen LogP contribution in [0.15, 0.2) is 29.1 Å². The summed E-state index contributed by atoms with van der Waals surface area (Å²) < 4.78 is 12.9. The smallest absolute Gasteiger partial charge is 0.415 e. The second-order valence-corrected chi connectivity index (χ2v) is 11.9. The molecule has 2 saturated heterocycles. The molecular formula is C31H36N6O6. The predicted octanol–water partition coefficient (Wildman–Crippen LogP) is 1.23. The van der Waals surface area contributed by atoms with Crippen molar-refractivity contribution in [3.05, 3.63) is 56.9 Å². The van der Waals surface area contributed by atoms with Crippen molar-refractivity contribution < 1.29 is 24.2 Å². The Balaban J connectivity index is 1.32. The van der Waals surface area contributed by atoms with E-state index in [9.17, 15) is 19.5 Å². The van der Waals surface area contributed by atoms with Gasteiger partial charge in [-0.2, -0.15) is 0 Å². The van der Waals surface area contributed by atoms with Gasteiger partial charge in [0.1, 0.15) is 12.4 Å². The van der Waals surface area contributed by atoms with Crippen molar-refractivity contribution in [2.45, 2.75) is 38.6 Å². The fourth-order valence-electron chi connectivity index (χ4n) is 6.59. The molecule has 0 saturated carbocycles. The fraction of sp³-hybridized carbons (Fsp3) is 0.484. The van der Waals surface area contributed by atoms with Crippen LogP contribution < -0.4 is 15.6 Å². The number of rotatable bonds is 4. The third kappa shape index (κ3) is 4.69. The highest BCUT2D eigenvalue weighted by atomic mass is 16.6. The number of esters is 1. The van der Waals surface area contributed by atoms with Gasteiger partial charge in [0.05, 0.1) is 29.0 Å². The number of carbonyl (C=O) groups excluding carboxylic acids is 2. The summed E-state index contributed by atoms with van der Waals surface area (Å²) in [6.07, 6.45) is -0.274. The number of hydrogen-bond donors (Lipinski definition) is 2. The number of fused-ring (bicyclic) bond motifs is 5. The lowest BCUT2D eigenvalue weighted by Gasteiger charge is -2.33. The summed E-state index contributed by atoms with van der Waals surface area (Å²) >= 11 is 0. The van der Waals surface area contributed by atoms with Crippen molar-refractivity contribution in [2.75, 3.05) is 59.4 Å². The predicted molar refractivity (Wildman–Crippen MR) is 158 cm³/mol.